The van der Waals surface area contributed by atoms with Crippen molar-refractivity contribution in [2.75, 3.05) is 20.3 Å². The van der Waals surface area contributed by atoms with Gasteiger partial charge in [-0.2, -0.15) is 6.07 Å². The van der Waals surface area contributed by atoms with E-state index in [0.29, 0.717) is 11.3 Å². The maximum Gasteiger partial charge on any atom is 1.00 e. The Kier molecular flexibility index (Phi) is 45.1. The second-order valence-electron chi connectivity index (χ2n) is 4.08. The van der Waals surface area contributed by atoms with Gasteiger partial charge in [-0.05, 0) is 51.5 Å². The summed E-state index contributed by atoms with van der Waals surface area (Å²) in [6.45, 7) is 16.8. The molecule has 1 aromatic carbocycles. The fraction of sp³-hybridized carbons (Fsp3) is 0.300. The summed E-state index contributed by atoms with van der Waals surface area (Å²) >= 11 is 0. The van der Waals surface area contributed by atoms with Crippen molar-refractivity contribution >= 4 is 6.29 Å². The van der Waals surface area contributed by atoms with Gasteiger partial charge in [-0.1, -0.05) is 6.92 Å². The SMILES string of the molecule is CCOCC.COc1cccc([C-]=O)c1.C[C]1[CH][CH][CH][CH]1.[C-]#[O+].[C-]#[O+].[Li+].[Mn]. The smallest absolute Gasteiger partial charge is 0 e. The predicted octanol–water partition coefficient (Wildman–Crippen LogP) is 0.534. The molecule has 1 fully saturated rings. The molecule has 142 valence electrons. The first-order chi connectivity index (χ1) is 12.2. The standard InChI is InChI=1S/C8H7O2.C6H7.C4H10O.2CO.Li.Mn/c1-10-8-4-2-3-7(5-8)6-9;1-6-4-2-3-5-6;1-3-5-4-2;2*1-2;;/h2-5H,1H3;2-5H,1H3;3-4H2,1-2H3;;;;/q-1;;;;;+1;. The van der Waals surface area contributed by atoms with Gasteiger partial charge in [-0.25, -0.2) is 0 Å². The first-order valence-electron chi connectivity index (χ1n) is 7.37. The molecule has 1 aliphatic rings. The van der Waals surface area contributed by atoms with Crippen LogP contribution in [0.15, 0.2) is 24.3 Å². The van der Waals surface area contributed by atoms with Crippen molar-refractivity contribution in [1.82, 2.24) is 0 Å². The molecule has 0 aliphatic heterocycles. The van der Waals surface area contributed by atoms with Crippen molar-refractivity contribution < 1.29 is 59.5 Å². The minimum Gasteiger partial charge on any atom is 0 e. The van der Waals surface area contributed by atoms with Crippen molar-refractivity contribution in [3.63, 3.8) is 0 Å². The molecular formula is C20H24LiMnO5. The van der Waals surface area contributed by atoms with E-state index in [4.69, 9.17) is 18.8 Å². The molecule has 6 radical (unpaired) electrons. The topological polar surface area (TPSA) is 75.3 Å². The number of hydrogen-bond donors (Lipinski definition) is 0. The van der Waals surface area contributed by atoms with Crippen molar-refractivity contribution in [3.05, 3.63) is 74.7 Å². The van der Waals surface area contributed by atoms with Crippen LogP contribution < -0.4 is 23.6 Å². The third kappa shape index (κ3) is 27.6. The van der Waals surface area contributed by atoms with E-state index in [1.165, 1.54) is 5.92 Å². The maximum absolute atomic E-state index is 10.1. The van der Waals surface area contributed by atoms with Crippen LogP contribution in [0.5, 0.6) is 5.75 Å². The molecular weight excluding hydrogens is 382 g/mol. The van der Waals surface area contributed by atoms with Gasteiger partial charge in [0.1, 0.15) is 0 Å². The number of carbonyl (C=O) groups excluding carboxylic acids is 1. The zero-order valence-corrected chi connectivity index (χ0v) is 17.6. The Balaban J connectivity index is -0.0000000833. The van der Waals surface area contributed by atoms with Crippen molar-refractivity contribution in [1.29, 1.82) is 0 Å². The molecule has 2 rings (SSSR count). The van der Waals surface area contributed by atoms with Crippen LogP contribution in [0.2, 0.25) is 0 Å². The first kappa shape index (κ1) is 37.1. The Hall–Kier alpha value is -0.753. The maximum atomic E-state index is 10.1. The zero-order chi connectivity index (χ0) is 19.9. The molecule has 0 amide bonds. The minimum atomic E-state index is 0. The van der Waals surface area contributed by atoms with Gasteiger partial charge in [0.25, 0.3) is 0 Å². The van der Waals surface area contributed by atoms with E-state index >= 15 is 0 Å². The molecule has 1 aliphatic carbocycles. The van der Waals surface area contributed by atoms with Gasteiger partial charge < -0.3 is 14.3 Å². The van der Waals surface area contributed by atoms with E-state index in [-0.39, 0.29) is 35.9 Å². The Morgan fingerprint density at radius 3 is 1.78 bits per heavy atom. The average molecular weight is 406 g/mol. The molecule has 1 aromatic rings. The number of benzene rings is 1. The van der Waals surface area contributed by atoms with E-state index < -0.39 is 0 Å². The van der Waals surface area contributed by atoms with Gasteiger partial charge in [0.15, 0.2) is 0 Å². The van der Waals surface area contributed by atoms with Gasteiger partial charge >= 0.3 is 41.5 Å². The summed E-state index contributed by atoms with van der Waals surface area (Å²) < 4.78 is 24.7. The third-order valence-corrected chi connectivity index (χ3v) is 2.43. The molecule has 0 atom stereocenters. The largest absolute Gasteiger partial charge is 1.00 e. The average Bonchev–Trinajstić information content (AvgIpc) is 3.17. The quantitative estimate of drug-likeness (QED) is 0.416. The minimum absolute atomic E-state index is 0. The van der Waals surface area contributed by atoms with E-state index in [2.05, 4.69) is 33.1 Å². The van der Waals surface area contributed by atoms with Gasteiger partial charge in [0.05, 0.1) is 19.1 Å². The summed E-state index contributed by atoms with van der Waals surface area (Å²) in [5.74, 6) is 2.02. The Labute approximate surface area is 187 Å². The summed E-state index contributed by atoms with van der Waals surface area (Å²) in [7, 11) is 1.56. The molecule has 0 heterocycles. The summed E-state index contributed by atoms with van der Waals surface area (Å²) in [5.41, 5.74) is 0.513. The fourth-order valence-electron chi connectivity index (χ4n) is 1.36. The van der Waals surface area contributed by atoms with E-state index in [9.17, 15) is 4.79 Å². The van der Waals surface area contributed by atoms with Crippen LogP contribution in [0.4, 0.5) is 0 Å². The van der Waals surface area contributed by atoms with Gasteiger partial charge in [-0.15, -0.1) is 17.7 Å². The van der Waals surface area contributed by atoms with Gasteiger partial charge in [0.2, 0.25) is 0 Å². The molecule has 27 heavy (non-hydrogen) atoms. The molecule has 0 spiro atoms. The number of rotatable bonds is 4. The zero-order valence-electron chi connectivity index (χ0n) is 16.5. The molecule has 0 bridgehead atoms. The fourth-order valence-corrected chi connectivity index (χ4v) is 1.36. The summed E-state index contributed by atoms with van der Waals surface area (Å²) in [5, 5.41) is 0. The van der Waals surface area contributed by atoms with E-state index in [0.717, 1.165) is 13.2 Å². The van der Waals surface area contributed by atoms with Crippen LogP contribution in [-0.4, -0.2) is 26.6 Å². The molecule has 7 heteroatoms. The molecule has 0 N–H and O–H groups in total. The van der Waals surface area contributed by atoms with Gasteiger partial charge in [0, 0.05) is 30.3 Å². The Bertz CT molecular complexity index is 438. The van der Waals surface area contributed by atoms with E-state index in [1.807, 2.05) is 26.7 Å². The van der Waals surface area contributed by atoms with Crippen LogP contribution >= 0.6 is 0 Å². The normalized spacial score (nSPS) is 10.7. The van der Waals surface area contributed by atoms with Crippen molar-refractivity contribution in [2.45, 2.75) is 20.8 Å². The number of methoxy groups -OCH3 is 1. The Morgan fingerprint density at radius 1 is 1.04 bits per heavy atom. The summed E-state index contributed by atoms with van der Waals surface area (Å²) in [6, 6.07) is 6.84. The van der Waals surface area contributed by atoms with Crippen LogP contribution in [0.25, 0.3) is 0 Å². The van der Waals surface area contributed by atoms with Gasteiger partial charge in [-0.3, -0.25) is 0 Å². The third-order valence-electron chi connectivity index (χ3n) is 2.43. The van der Waals surface area contributed by atoms with Crippen LogP contribution in [0.1, 0.15) is 26.3 Å². The molecule has 0 unspecified atom stereocenters. The molecule has 0 aromatic heterocycles. The van der Waals surface area contributed by atoms with Crippen molar-refractivity contribution in [2.24, 2.45) is 0 Å². The van der Waals surface area contributed by atoms with Crippen LogP contribution in [-0.2, 0) is 35.9 Å². The first-order valence-corrected chi connectivity index (χ1v) is 7.37. The monoisotopic (exact) mass is 406 g/mol. The summed E-state index contributed by atoms with van der Waals surface area (Å²) in [6.07, 6.45) is 10.0. The Morgan fingerprint density at radius 2 is 1.52 bits per heavy atom. The second kappa shape index (κ2) is 32.9. The van der Waals surface area contributed by atoms with Crippen molar-refractivity contribution in [3.8, 4) is 5.75 Å². The molecule has 5 nitrogen and oxygen atoms in total. The summed E-state index contributed by atoms with van der Waals surface area (Å²) in [4.78, 5) is 10.1. The predicted molar refractivity (Wildman–Crippen MR) is 93.9 cm³/mol. The van der Waals surface area contributed by atoms with Crippen LogP contribution in [0.3, 0.4) is 0 Å². The molecule has 0 saturated heterocycles. The molecule has 1 saturated carbocycles. The number of ether oxygens (including phenoxy) is 2. The number of hydrogen-bond acceptors (Lipinski definition) is 3. The second-order valence-corrected chi connectivity index (χ2v) is 4.08. The van der Waals surface area contributed by atoms with E-state index in [1.54, 1.807) is 37.7 Å². The van der Waals surface area contributed by atoms with Crippen LogP contribution in [0, 0.1) is 44.9 Å².